The predicted octanol–water partition coefficient (Wildman–Crippen LogP) is 0.461. The molecule has 0 aromatic carbocycles. The third-order valence-corrected chi connectivity index (χ3v) is 0.928. The molecule has 0 aliphatic carbocycles. The van der Waals surface area contributed by atoms with E-state index < -0.39 is 6.04 Å². The van der Waals surface area contributed by atoms with Crippen molar-refractivity contribution in [2.75, 3.05) is 0 Å². The van der Waals surface area contributed by atoms with Crippen molar-refractivity contribution >= 4 is 12.2 Å². The molecular formula is C7H13NO2U. The van der Waals surface area contributed by atoms with Crippen molar-refractivity contribution in [2.45, 2.75) is 26.3 Å². The Morgan fingerprint density at radius 3 is 2.18 bits per heavy atom. The monoisotopic (exact) mass is 381 g/mol. The summed E-state index contributed by atoms with van der Waals surface area (Å²) in [6, 6.07) is -0.428. The van der Waals surface area contributed by atoms with E-state index in [4.69, 9.17) is 0 Å². The summed E-state index contributed by atoms with van der Waals surface area (Å²) in [6.07, 6.45) is 2.30. The van der Waals surface area contributed by atoms with Gasteiger partial charge < -0.3 is 17.5 Å². The Morgan fingerprint density at radius 1 is 1.64 bits per heavy atom. The smallest absolute Gasteiger partial charge is 0.540 e. The van der Waals surface area contributed by atoms with Crippen LogP contribution in [0.2, 0.25) is 0 Å². The Hall–Kier alpha value is 0.192. The van der Waals surface area contributed by atoms with E-state index in [1.807, 2.05) is 6.92 Å². The molecule has 1 atom stereocenters. The van der Waals surface area contributed by atoms with Gasteiger partial charge in [-0.1, -0.05) is 19.4 Å². The molecule has 0 saturated carbocycles. The van der Waals surface area contributed by atoms with Gasteiger partial charge in [-0.25, -0.2) is 6.29 Å². The fraction of sp³-hybridized carbons (Fsp3) is 0.571. The molecule has 0 spiro atoms. The first-order valence-corrected chi connectivity index (χ1v) is 2.85. The van der Waals surface area contributed by atoms with Crippen LogP contribution in [0.1, 0.15) is 20.3 Å². The molecule has 1 amide bonds. The van der Waals surface area contributed by atoms with E-state index >= 15 is 0 Å². The van der Waals surface area contributed by atoms with Gasteiger partial charge in [0.15, 0.2) is 0 Å². The van der Waals surface area contributed by atoms with Crippen molar-refractivity contribution in [3.63, 3.8) is 0 Å². The average molecular weight is 381 g/mol. The summed E-state index contributed by atoms with van der Waals surface area (Å²) in [4.78, 5) is 20.2. The zero-order chi connectivity index (χ0) is 7.28. The molecule has 1 unspecified atom stereocenters. The summed E-state index contributed by atoms with van der Waals surface area (Å²) >= 11 is 0. The number of carbonyl (C=O) groups excluding carboxylic acids is 2. The Labute approximate surface area is 91.7 Å². The molecule has 0 radical (unpaired) electrons. The fourth-order valence-electron chi connectivity index (χ4n) is 0.460. The minimum atomic E-state index is -0.428. The quantitative estimate of drug-likeness (QED) is 0.723. The minimum Gasteiger partial charge on any atom is -0.540 e. The van der Waals surface area contributed by atoms with Gasteiger partial charge in [0.1, 0.15) is 0 Å². The molecule has 3 nitrogen and oxygen atoms in total. The number of hydrogen-bond donors (Lipinski definition) is 1. The molecule has 0 rings (SSSR count). The third-order valence-electron chi connectivity index (χ3n) is 0.928. The SMILES string of the molecule is CCC([C-]=O)NC(C)=O.[CH3-].[U+2]. The number of hydrogen-bond acceptors (Lipinski definition) is 2. The molecule has 0 heterocycles. The first-order chi connectivity index (χ1) is 4.20. The van der Waals surface area contributed by atoms with Crippen LogP contribution in [-0.4, -0.2) is 18.2 Å². The maximum Gasteiger partial charge on any atom is 2.00 e. The number of nitrogens with one attached hydrogen (secondary N) is 1. The van der Waals surface area contributed by atoms with Crippen molar-refractivity contribution in [3.8, 4) is 0 Å². The molecule has 0 aromatic heterocycles. The van der Waals surface area contributed by atoms with Gasteiger partial charge in [-0.3, -0.25) is 4.79 Å². The molecular weight excluding hydrogens is 368 g/mol. The zero-order valence-corrected chi connectivity index (χ0v) is 11.3. The average Bonchev–Trinajstić information content (AvgIpc) is 1.82. The first kappa shape index (κ1) is 17.3. The second kappa shape index (κ2) is 10.2. The molecule has 1 N–H and O–H groups in total. The van der Waals surface area contributed by atoms with Crippen molar-refractivity contribution in [2.24, 2.45) is 0 Å². The fourth-order valence-corrected chi connectivity index (χ4v) is 0.460. The Morgan fingerprint density at radius 2 is 2.09 bits per heavy atom. The van der Waals surface area contributed by atoms with Gasteiger partial charge in [0, 0.05) is 6.92 Å². The van der Waals surface area contributed by atoms with Crippen molar-refractivity contribution in [1.82, 2.24) is 5.32 Å². The second-order valence-electron chi connectivity index (χ2n) is 1.78. The van der Waals surface area contributed by atoms with Crippen molar-refractivity contribution in [3.05, 3.63) is 7.43 Å². The second-order valence-corrected chi connectivity index (χ2v) is 1.78. The van der Waals surface area contributed by atoms with E-state index in [9.17, 15) is 9.59 Å². The number of amides is 1. The molecule has 62 valence electrons. The van der Waals surface area contributed by atoms with Gasteiger partial charge in [-0.15, -0.1) is 0 Å². The van der Waals surface area contributed by atoms with Crippen LogP contribution in [-0.2, 0) is 9.59 Å². The molecule has 0 bridgehead atoms. The van der Waals surface area contributed by atoms with E-state index in [1.165, 1.54) is 6.92 Å². The third kappa shape index (κ3) is 10.2. The molecule has 0 aliphatic heterocycles. The van der Waals surface area contributed by atoms with Crippen molar-refractivity contribution < 1.29 is 40.7 Å². The normalized spacial score (nSPS) is 10.0. The van der Waals surface area contributed by atoms with Crippen LogP contribution in [0.25, 0.3) is 0 Å². The van der Waals surface area contributed by atoms with Gasteiger partial charge >= 0.3 is 31.1 Å². The minimum absolute atomic E-state index is 0. The topological polar surface area (TPSA) is 46.2 Å². The summed E-state index contributed by atoms with van der Waals surface area (Å²) < 4.78 is 0. The molecule has 0 aliphatic rings. The summed E-state index contributed by atoms with van der Waals surface area (Å²) in [6.45, 7) is 3.19. The van der Waals surface area contributed by atoms with Crippen LogP contribution in [0.5, 0.6) is 0 Å². The first-order valence-electron chi connectivity index (χ1n) is 2.85. The van der Waals surface area contributed by atoms with Gasteiger partial charge in [-0.2, -0.15) is 0 Å². The van der Waals surface area contributed by atoms with Crippen LogP contribution < -0.4 is 5.32 Å². The number of carbonyl (C=O) groups is 1. The molecule has 4 heteroatoms. The Kier molecular flexibility index (Phi) is 16.1. The maximum atomic E-state index is 10.3. The summed E-state index contributed by atoms with van der Waals surface area (Å²) in [5, 5.41) is 2.42. The van der Waals surface area contributed by atoms with E-state index in [0.717, 1.165) is 0 Å². The molecule has 0 saturated heterocycles. The summed E-state index contributed by atoms with van der Waals surface area (Å²) in [5.41, 5.74) is 0. The van der Waals surface area contributed by atoms with Crippen molar-refractivity contribution in [1.29, 1.82) is 0 Å². The Balaban J connectivity index is -0.000000320. The van der Waals surface area contributed by atoms with Gasteiger partial charge in [0.05, 0.1) is 0 Å². The van der Waals surface area contributed by atoms with Crippen LogP contribution in [0, 0.1) is 38.5 Å². The molecule has 11 heavy (non-hydrogen) atoms. The van der Waals surface area contributed by atoms with E-state index in [1.54, 1.807) is 6.29 Å². The summed E-state index contributed by atoms with van der Waals surface area (Å²) in [7, 11) is 0. The van der Waals surface area contributed by atoms with Crippen LogP contribution in [0.4, 0.5) is 0 Å². The van der Waals surface area contributed by atoms with Gasteiger partial charge in [-0.05, 0) is 0 Å². The van der Waals surface area contributed by atoms with E-state index in [-0.39, 0.29) is 44.4 Å². The summed E-state index contributed by atoms with van der Waals surface area (Å²) in [5.74, 6) is -0.190. The molecule has 0 fully saturated rings. The maximum absolute atomic E-state index is 10.3. The number of rotatable bonds is 3. The van der Waals surface area contributed by atoms with E-state index in [0.29, 0.717) is 6.42 Å². The van der Waals surface area contributed by atoms with Crippen LogP contribution in [0.3, 0.4) is 0 Å². The van der Waals surface area contributed by atoms with E-state index in [2.05, 4.69) is 5.32 Å². The van der Waals surface area contributed by atoms with Crippen LogP contribution >= 0.6 is 0 Å². The standard InChI is InChI=1S/C6H10NO2.CH3.U/c1-3-6(4-8)7-5(2)9;;/h6H,3H2,1-2H3,(H,7,9);1H3;/q2*-1;+2. The predicted molar refractivity (Wildman–Crippen MR) is 40.0 cm³/mol. The van der Waals surface area contributed by atoms with Crippen LogP contribution in [0.15, 0.2) is 0 Å². The molecule has 0 aromatic rings. The van der Waals surface area contributed by atoms with Gasteiger partial charge in [0.25, 0.3) is 0 Å². The largest absolute Gasteiger partial charge is 2.00 e. The Bertz CT molecular complexity index is 117. The van der Waals surface area contributed by atoms with Gasteiger partial charge in [0.2, 0.25) is 5.91 Å². The zero-order valence-electron chi connectivity index (χ0n) is 7.10.